The van der Waals surface area contributed by atoms with Crippen LogP contribution in [-0.2, 0) is 14.0 Å². The summed E-state index contributed by atoms with van der Waals surface area (Å²) in [6, 6.07) is 1.52. The zero-order chi connectivity index (χ0) is 17.6. The molecule has 1 aliphatic rings. The van der Waals surface area contributed by atoms with E-state index in [-0.39, 0.29) is 11.0 Å². The molecule has 2 heterocycles. The van der Waals surface area contributed by atoms with Crippen molar-refractivity contribution in [3.05, 3.63) is 23.8 Å². The molecule has 7 heteroatoms. The Morgan fingerprint density at radius 2 is 1.74 bits per heavy atom. The Kier molecular flexibility index (Phi) is 4.32. The standard InChI is InChI=1S/C16H23BFNO4/c1-14(2,3)21-13(20)11-10(8-9-19-12(11)18)17-22-15(4,5)16(6,7)23-17/h8-9H,1-7H3. The molecule has 2 rings (SSSR count). The number of esters is 1. The van der Waals surface area contributed by atoms with E-state index in [4.69, 9.17) is 14.0 Å². The van der Waals surface area contributed by atoms with Crippen molar-refractivity contribution in [2.45, 2.75) is 65.3 Å². The molecule has 0 aliphatic carbocycles. The van der Waals surface area contributed by atoms with Gasteiger partial charge in [0.1, 0.15) is 11.2 Å². The summed E-state index contributed by atoms with van der Waals surface area (Å²) >= 11 is 0. The zero-order valence-electron chi connectivity index (χ0n) is 14.7. The Balaban J connectivity index is 2.42. The highest BCUT2D eigenvalue weighted by molar-refractivity contribution is 6.63. The van der Waals surface area contributed by atoms with Crippen LogP contribution in [0.25, 0.3) is 0 Å². The van der Waals surface area contributed by atoms with Crippen LogP contribution in [0.4, 0.5) is 4.39 Å². The summed E-state index contributed by atoms with van der Waals surface area (Å²) in [5.41, 5.74) is -1.90. The van der Waals surface area contributed by atoms with E-state index in [1.165, 1.54) is 12.3 Å². The second-order valence-electron chi connectivity index (χ2n) is 7.66. The van der Waals surface area contributed by atoms with Gasteiger partial charge in [0.05, 0.1) is 11.2 Å². The Morgan fingerprint density at radius 3 is 2.22 bits per heavy atom. The minimum absolute atomic E-state index is 0.249. The van der Waals surface area contributed by atoms with E-state index in [1.807, 2.05) is 27.7 Å². The van der Waals surface area contributed by atoms with E-state index in [0.717, 1.165) is 0 Å². The van der Waals surface area contributed by atoms with Gasteiger partial charge in [0, 0.05) is 11.7 Å². The number of carbonyl (C=O) groups excluding carboxylic acids is 1. The van der Waals surface area contributed by atoms with Crippen LogP contribution in [0, 0.1) is 5.95 Å². The third kappa shape index (κ3) is 3.56. The van der Waals surface area contributed by atoms with Crippen LogP contribution >= 0.6 is 0 Å². The van der Waals surface area contributed by atoms with Crippen LogP contribution in [0.15, 0.2) is 12.3 Å². The molecule has 23 heavy (non-hydrogen) atoms. The first-order valence-corrected chi connectivity index (χ1v) is 7.57. The van der Waals surface area contributed by atoms with Gasteiger partial charge in [-0.05, 0) is 54.5 Å². The molecule has 0 saturated carbocycles. The molecule has 1 saturated heterocycles. The first-order valence-electron chi connectivity index (χ1n) is 7.57. The minimum Gasteiger partial charge on any atom is -0.456 e. The molecule has 0 spiro atoms. The van der Waals surface area contributed by atoms with Gasteiger partial charge >= 0.3 is 13.1 Å². The monoisotopic (exact) mass is 323 g/mol. The number of ether oxygens (including phenoxy) is 1. The maximum Gasteiger partial charge on any atom is 0.495 e. The van der Waals surface area contributed by atoms with Gasteiger partial charge in [0.15, 0.2) is 0 Å². The number of carbonyl (C=O) groups is 1. The van der Waals surface area contributed by atoms with E-state index in [0.29, 0.717) is 0 Å². The Hall–Kier alpha value is -1.47. The highest BCUT2D eigenvalue weighted by Gasteiger charge is 2.53. The molecule has 0 bridgehead atoms. The molecule has 0 atom stereocenters. The lowest BCUT2D eigenvalue weighted by atomic mass is 9.76. The Morgan fingerprint density at radius 1 is 1.22 bits per heavy atom. The second kappa shape index (κ2) is 5.56. The van der Waals surface area contributed by atoms with Crippen molar-refractivity contribution in [3.63, 3.8) is 0 Å². The first-order chi connectivity index (χ1) is 10.3. The van der Waals surface area contributed by atoms with E-state index in [1.54, 1.807) is 20.8 Å². The molecule has 0 unspecified atom stereocenters. The summed E-state index contributed by atoms with van der Waals surface area (Å²) in [5.74, 6) is -1.68. The van der Waals surface area contributed by atoms with Crippen LogP contribution in [0.2, 0.25) is 0 Å². The van der Waals surface area contributed by atoms with E-state index in [9.17, 15) is 9.18 Å². The molecule has 1 fully saturated rings. The van der Waals surface area contributed by atoms with E-state index in [2.05, 4.69) is 4.98 Å². The summed E-state index contributed by atoms with van der Waals surface area (Å²) < 4.78 is 31.3. The lowest BCUT2D eigenvalue weighted by Gasteiger charge is -2.32. The van der Waals surface area contributed by atoms with Crippen LogP contribution in [0.1, 0.15) is 58.8 Å². The molecule has 1 aromatic rings. The summed E-state index contributed by atoms with van der Waals surface area (Å²) in [7, 11) is -0.861. The molecule has 1 aliphatic heterocycles. The molecule has 0 radical (unpaired) electrons. The molecular weight excluding hydrogens is 300 g/mol. The minimum atomic E-state index is -0.897. The molecule has 0 N–H and O–H groups in total. The van der Waals surface area contributed by atoms with Crippen molar-refractivity contribution in [1.29, 1.82) is 0 Å². The number of aromatic nitrogens is 1. The van der Waals surface area contributed by atoms with Gasteiger partial charge in [-0.1, -0.05) is 0 Å². The van der Waals surface area contributed by atoms with Gasteiger partial charge < -0.3 is 14.0 Å². The Bertz CT molecular complexity index is 609. The summed E-state index contributed by atoms with van der Waals surface area (Å²) in [6.45, 7) is 12.7. The number of nitrogens with zero attached hydrogens (tertiary/aromatic N) is 1. The quantitative estimate of drug-likeness (QED) is 0.475. The Labute approximate surface area is 136 Å². The van der Waals surface area contributed by atoms with Crippen LogP contribution in [-0.4, -0.2) is 34.9 Å². The van der Waals surface area contributed by atoms with Gasteiger partial charge in [-0.2, -0.15) is 4.39 Å². The maximum atomic E-state index is 14.2. The zero-order valence-corrected chi connectivity index (χ0v) is 14.7. The summed E-state index contributed by atoms with van der Waals surface area (Å²) in [6.07, 6.45) is 1.28. The largest absolute Gasteiger partial charge is 0.495 e. The predicted octanol–water partition coefficient (Wildman–Crippen LogP) is 2.48. The summed E-state index contributed by atoms with van der Waals surface area (Å²) in [4.78, 5) is 15.9. The fourth-order valence-corrected chi connectivity index (χ4v) is 2.15. The van der Waals surface area contributed by atoms with Crippen molar-refractivity contribution in [2.24, 2.45) is 0 Å². The molecule has 0 amide bonds. The van der Waals surface area contributed by atoms with E-state index >= 15 is 0 Å². The van der Waals surface area contributed by atoms with Crippen molar-refractivity contribution in [3.8, 4) is 0 Å². The van der Waals surface area contributed by atoms with Gasteiger partial charge in [0.25, 0.3) is 0 Å². The van der Waals surface area contributed by atoms with Crippen molar-refractivity contribution < 1.29 is 23.2 Å². The lowest BCUT2D eigenvalue weighted by molar-refractivity contribution is 0.00578. The van der Waals surface area contributed by atoms with Gasteiger partial charge in [0.2, 0.25) is 5.95 Å². The normalized spacial score (nSPS) is 19.7. The highest BCUT2D eigenvalue weighted by atomic mass is 19.1. The molecule has 5 nitrogen and oxygen atoms in total. The van der Waals surface area contributed by atoms with E-state index < -0.39 is 35.8 Å². The highest BCUT2D eigenvalue weighted by Crippen LogP contribution is 2.36. The average molecular weight is 323 g/mol. The van der Waals surface area contributed by atoms with Gasteiger partial charge in [-0.25, -0.2) is 9.78 Å². The second-order valence-corrected chi connectivity index (χ2v) is 7.66. The lowest BCUT2D eigenvalue weighted by Crippen LogP contribution is -2.41. The predicted molar refractivity (Wildman–Crippen MR) is 85.1 cm³/mol. The molecule has 126 valence electrons. The number of pyridine rings is 1. The van der Waals surface area contributed by atoms with Crippen molar-refractivity contribution >= 4 is 18.6 Å². The van der Waals surface area contributed by atoms with Crippen LogP contribution in [0.5, 0.6) is 0 Å². The molecule has 1 aromatic heterocycles. The first kappa shape index (κ1) is 17.9. The number of hydrogen-bond acceptors (Lipinski definition) is 5. The maximum absolute atomic E-state index is 14.2. The van der Waals surface area contributed by atoms with Crippen LogP contribution < -0.4 is 5.46 Å². The number of hydrogen-bond donors (Lipinski definition) is 0. The van der Waals surface area contributed by atoms with Crippen LogP contribution in [0.3, 0.4) is 0 Å². The fraction of sp³-hybridized carbons (Fsp3) is 0.625. The average Bonchev–Trinajstić information content (AvgIpc) is 2.55. The van der Waals surface area contributed by atoms with Gasteiger partial charge in [-0.3, -0.25) is 0 Å². The smallest absolute Gasteiger partial charge is 0.456 e. The topological polar surface area (TPSA) is 57.7 Å². The van der Waals surface area contributed by atoms with Crippen molar-refractivity contribution in [1.82, 2.24) is 4.98 Å². The van der Waals surface area contributed by atoms with Gasteiger partial charge in [-0.15, -0.1) is 0 Å². The SMILES string of the molecule is CC(C)(C)OC(=O)c1c(B2OC(C)(C)C(C)(C)O2)ccnc1F. The third-order valence-corrected chi connectivity index (χ3v) is 4.05. The third-order valence-electron chi connectivity index (χ3n) is 4.05. The number of rotatable bonds is 2. The summed E-state index contributed by atoms with van der Waals surface area (Å²) in [5, 5.41) is 0. The fourth-order valence-electron chi connectivity index (χ4n) is 2.15. The number of halogens is 1. The molecule has 0 aromatic carbocycles. The van der Waals surface area contributed by atoms with Crippen molar-refractivity contribution in [2.75, 3.05) is 0 Å². The molecular formula is C16H23BFNO4.